The smallest absolute Gasteiger partial charge is 0.251 e. The van der Waals surface area contributed by atoms with Gasteiger partial charge in [0.2, 0.25) is 0 Å². The standard InChI is InChI=1S/C23H28N4O2/c1-14-7-8-27-20(11-18-12-25-16(3)13-29-18)22(26-21(27)9-14)19-6-5-17(10-15(19)2)23(28)24-4/h5-10,16,18,25H,11-13H2,1-4H3,(H,24,28)/t16-,18-/m0/s1. The highest BCUT2D eigenvalue weighted by atomic mass is 16.5. The number of benzene rings is 1. The van der Waals surface area contributed by atoms with Crippen LogP contribution >= 0.6 is 0 Å². The van der Waals surface area contributed by atoms with Crippen molar-refractivity contribution in [1.82, 2.24) is 20.0 Å². The number of aromatic nitrogens is 2. The molecule has 1 fully saturated rings. The molecule has 1 aliphatic rings. The zero-order valence-corrected chi connectivity index (χ0v) is 17.5. The Balaban J connectivity index is 1.78. The van der Waals surface area contributed by atoms with Crippen molar-refractivity contribution in [3.8, 4) is 11.3 Å². The monoisotopic (exact) mass is 392 g/mol. The summed E-state index contributed by atoms with van der Waals surface area (Å²) in [7, 11) is 1.65. The van der Waals surface area contributed by atoms with E-state index in [2.05, 4.69) is 47.2 Å². The normalized spacial score (nSPS) is 19.4. The molecule has 1 saturated heterocycles. The fourth-order valence-electron chi connectivity index (χ4n) is 3.90. The Labute approximate surface area is 171 Å². The van der Waals surface area contributed by atoms with E-state index in [4.69, 9.17) is 9.72 Å². The Morgan fingerprint density at radius 1 is 1.31 bits per heavy atom. The van der Waals surface area contributed by atoms with Gasteiger partial charge >= 0.3 is 0 Å². The summed E-state index contributed by atoms with van der Waals surface area (Å²) < 4.78 is 8.23. The van der Waals surface area contributed by atoms with Gasteiger partial charge in [-0.1, -0.05) is 6.07 Å². The minimum atomic E-state index is -0.0821. The van der Waals surface area contributed by atoms with Gasteiger partial charge in [0.15, 0.2) is 0 Å². The lowest BCUT2D eigenvalue weighted by Crippen LogP contribution is -2.45. The van der Waals surface area contributed by atoms with E-state index in [9.17, 15) is 4.79 Å². The van der Waals surface area contributed by atoms with Gasteiger partial charge in [0.1, 0.15) is 5.65 Å². The number of carbonyl (C=O) groups is 1. The number of imidazole rings is 1. The van der Waals surface area contributed by atoms with Crippen molar-refractivity contribution in [2.24, 2.45) is 0 Å². The van der Waals surface area contributed by atoms with Crippen LogP contribution in [0.1, 0.15) is 34.1 Å². The molecule has 3 aromatic rings. The van der Waals surface area contributed by atoms with E-state index in [1.807, 2.05) is 25.1 Å². The van der Waals surface area contributed by atoms with E-state index in [1.165, 1.54) is 5.56 Å². The molecule has 6 heteroatoms. The quantitative estimate of drug-likeness (QED) is 0.716. The number of hydrogen-bond donors (Lipinski definition) is 2. The number of hydrogen-bond acceptors (Lipinski definition) is 4. The highest BCUT2D eigenvalue weighted by Crippen LogP contribution is 2.30. The van der Waals surface area contributed by atoms with Gasteiger partial charge in [-0.25, -0.2) is 4.98 Å². The minimum Gasteiger partial charge on any atom is -0.375 e. The van der Waals surface area contributed by atoms with Crippen LogP contribution in [-0.2, 0) is 11.2 Å². The number of nitrogens with zero attached hydrogens (tertiary/aromatic N) is 2. The lowest BCUT2D eigenvalue weighted by atomic mass is 9.99. The topological polar surface area (TPSA) is 67.7 Å². The average molecular weight is 393 g/mol. The third kappa shape index (κ3) is 3.91. The zero-order chi connectivity index (χ0) is 20.5. The number of ether oxygens (including phenoxy) is 1. The first-order valence-corrected chi connectivity index (χ1v) is 10.1. The van der Waals surface area contributed by atoms with E-state index >= 15 is 0 Å². The summed E-state index contributed by atoms with van der Waals surface area (Å²) in [5, 5.41) is 6.18. The molecule has 0 saturated carbocycles. The van der Waals surface area contributed by atoms with Crippen molar-refractivity contribution >= 4 is 11.6 Å². The molecule has 152 valence electrons. The first-order chi connectivity index (χ1) is 14.0. The lowest BCUT2D eigenvalue weighted by molar-refractivity contribution is 0.00828. The summed E-state index contributed by atoms with van der Waals surface area (Å²) in [6, 6.07) is 10.4. The highest BCUT2D eigenvalue weighted by molar-refractivity contribution is 5.95. The van der Waals surface area contributed by atoms with Crippen LogP contribution in [0.3, 0.4) is 0 Å². The minimum absolute atomic E-state index is 0.0821. The SMILES string of the molecule is CNC(=O)c1ccc(-c2nc3cc(C)ccn3c2C[C@H]2CN[C@@H](C)CO2)c(C)c1. The second-order valence-electron chi connectivity index (χ2n) is 7.92. The Bertz CT molecular complexity index is 1050. The van der Waals surface area contributed by atoms with E-state index in [0.717, 1.165) is 47.7 Å². The molecule has 0 radical (unpaired) electrons. The van der Waals surface area contributed by atoms with E-state index < -0.39 is 0 Å². The Morgan fingerprint density at radius 3 is 2.83 bits per heavy atom. The molecule has 0 spiro atoms. The molecular formula is C23H28N4O2. The van der Waals surface area contributed by atoms with Crippen molar-refractivity contribution in [3.63, 3.8) is 0 Å². The molecule has 6 nitrogen and oxygen atoms in total. The number of aryl methyl sites for hydroxylation is 2. The van der Waals surface area contributed by atoms with E-state index in [0.29, 0.717) is 11.6 Å². The number of nitrogens with one attached hydrogen (secondary N) is 2. The highest BCUT2D eigenvalue weighted by Gasteiger charge is 2.23. The molecule has 1 aromatic carbocycles. The van der Waals surface area contributed by atoms with Crippen LogP contribution in [0.2, 0.25) is 0 Å². The molecule has 1 amide bonds. The Morgan fingerprint density at radius 2 is 2.14 bits per heavy atom. The second kappa shape index (κ2) is 7.97. The molecular weight excluding hydrogens is 364 g/mol. The summed E-state index contributed by atoms with van der Waals surface area (Å²) in [5.74, 6) is -0.0821. The van der Waals surface area contributed by atoms with Gasteiger partial charge in [0.25, 0.3) is 5.91 Å². The molecule has 2 aromatic heterocycles. The lowest BCUT2D eigenvalue weighted by Gasteiger charge is -2.28. The maximum Gasteiger partial charge on any atom is 0.251 e. The second-order valence-corrected chi connectivity index (χ2v) is 7.92. The fourth-order valence-corrected chi connectivity index (χ4v) is 3.90. The van der Waals surface area contributed by atoms with Gasteiger partial charge in [-0.3, -0.25) is 4.79 Å². The Hall–Kier alpha value is -2.70. The van der Waals surface area contributed by atoms with Crippen molar-refractivity contribution < 1.29 is 9.53 Å². The number of morpholine rings is 1. The third-order valence-corrected chi connectivity index (χ3v) is 5.55. The molecule has 1 aliphatic heterocycles. The summed E-state index contributed by atoms with van der Waals surface area (Å²) in [6.45, 7) is 7.79. The first-order valence-electron chi connectivity index (χ1n) is 10.1. The van der Waals surface area contributed by atoms with E-state index in [1.54, 1.807) is 7.05 Å². The van der Waals surface area contributed by atoms with Crippen LogP contribution < -0.4 is 10.6 Å². The summed E-state index contributed by atoms with van der Waals surface area (Å²) in [4.78, 5) is 17.0. The molecule has 0 bridgehead atoms. The number of rotatable bonds is 4. The maximum absolute atomic E-state index is 12.0. The summed E-state index contributed by atoms with van der Waals surface area (Å²) in [6.07, 6.45) is 2.97. The predicted octanol–water partition coefficient (Wildman–Crippen LogP) is 2.90. The summed E-state index contributed by atoms with van der Waals surface area (Å²) in [5.41, 5.74) is 6.94. The molecule has 0 unspecified atom stereocenters. The average Bonchev–Trinajstić information content (AvgIpc) is 3.06. The van der Waals surface area contributed by atoms with Gasteiger partial charge in [-0.2, -0.15) is 0 Å². The molecule has 2 N–H and O–H groups in total. The molecule has 2 atom stereocenters. The van der Waals surface area contributed by atoms with Crippen molar-refractivity contribution in [2.75, 3.05) is 20.2 Å². The first kappa shape index (κ1) is 19.6. The van der Waals surface area contributed by atoms with Gasteiger partial charge in [0, 0.05) is 43.4 Å². The third-order valence-electron chi connectivity index (χ3n) is 5.55. The van der Waals surface area contributed by atoms with Crippen LogP contribution in [0, 0.1) is 13.8 Å². The van der Waals surface area contributed by atoms with Crippen LogP contribution in [0.15, 0.2) is 36.5 Å². The number of amides is 1. The van der Waals surface area contributed by atoms with Gasteiger partial charge in [0.05, 0.1) is 24.1 Å². The number of pyridine rings is 1. The number of carbonyl (C=O) groups excluding carboxylic acids is 1. The van der Waals surface area contributed by atoms with Crippen LogP contribution in [-0.4, -0.2) is 47.6 Å². The van der Waals surface area contributed by atoms with Crippen molar-refractivity contribution in [1.29, 1.82) is 0 Å². The molecule has 29 heavy (non-hydrogen) atoms. The van der Waals surface area contributed by atoms with Gasteiger partial charge in [-0.15, -0.1) is 0 Å². The van der Waals surface area contributed by atoms with Gasteiger partial charge in [-0.05, 0) is 56.2 Å². The van der Waals surface area contributed by atoms with Crippen LogP contribution in [0.25, 0.3) is 16.9 Å². The molecule has 3 heterocycles. The number of fused-ring (bicyclic) bond motifs is 1. The van der Waals surface area contributed by atoms with Gasteiger partial charge < -0.3 is 19.8 Å². The van der Waals surface area contributed by atoms with Crippen LogP contribution in [0.4, 0.5) is 0 Å². The largest absolute Gasteiger partial charge is 0.375 e. The van der Waals surface area contributed by atoms with Crippen LogP contribution in [0.5, 0.6) is 0 Å². The van der Waals surface area contributed by atoms with Crippen molar-refractivity contribution in [3.05, 3.63) is 58.9 Å². The fraction of sp³-hybridized carbons (Fsp3) is 0.391. The molecule has 0 aliphatic carbocycles. The van der Waals surface area contributed by atoms with E-state index in [-0.39, 0.29) is 12.0 Å². The predicted molar refractivity (Wildman–Crippen MR) is 114 cm³/mol. The zero-order valence-electron chi connectivity index (χ0n) is 17.5. The summed E-state index contributed by atoms with van der Waals surface area (Å²) >= 11 is 0. The molecule has 4 rings (SSSR count). The van der Waals surface area contributed by atoms with Crippen molar-refractivity contribution in [2.45, 2.75) is 39.3 Å². The Kier molecular flexibility index (Phi) is 5.39. The maximum atomic E-state index is 12.0.